The van der Waals surface area contributed by atoms with Crippen LogP contribution in [0.5, 0.6) is 0 Å². The minimum absolute atomic E-state index is 0.982. The summed E-state index contributed by atoms with van der Waals surface area (Å²) in [5.41, 5.74) is 1.34. The molecule has 76 valence electrons. The lowest BCUT2D eigenvalue weighted by Crippen LogP contribution is -1.77. The van der Waals surface area contributed by atoms with Crippen molar-refractivity contribution in [1.29, 1.82) is 0 Å². The van der Waals surface area contributed by atoms with Crippen LogP contribution in [0.2, 0.25) is 0 Å². The van der Waals surface area contributed by atoms with Gasteiger partial charge in [-0.15, -0.1) is 0 Å². The molecule has 0 saturated carbocycles. The third kappa shape index (κ3) is 5.48. The van der Waals surface area contributed by atoms with E-state index in [4.69, 9.17) is 0 Å². The second kappa shape index (κ2) is 7.57. The van der Waals surface area contributed by atoms with Crippen LogP contribution in [-0.2, 0) is 6.42 Å². The van der Waals surface area contributed by atoms with E-state index in [1.807, 2.05) is 30.4 Å². The first kappa shape index (κ1) is 11.3. The predicted octanol–water partition coefficient (Wildman–Crippen LogP) is 4.08. The number of allylic oxidation sites excluding steroid dienone is 7. The minimum Gasteiger partial charge on any atom is -0.0991 e. The van der Waals surface area contributed by atoms with Gasteiger partial charge in [0, 0.05) is 0 Å². The molecule has 0 N–H and O–H groups in total. The van der Waals surface area contributed by atoms with Gasteiger partial charge in [-0.25, -0.2) is 0 Å². The SMILES string of the molecule is C=CC=CC=CC=CCc1ccccc1. The molecule has 0 unspecified atom stereocenters. The maximum Gasteiger partial charge on any atom is -0.00943 e. The number of benzene rings is 1. The van der Waals surface area contributed by atoms with Crippen LogP contribution < -0.4 is 0 Å². The maximum absolute atomic E-state index is 3.60. The normalized spacial score (nSPS) is 11.7. The van der Waals surface area contributed by atoms with E-state index < -0.39 is 0 Å². The van der Waals surface area contributed by atoms with Gasteiger partial charge < -0.3 is 0 Å². The van der Waals surface area contributed by atoms with Gasteiger partial charge in [-0.05, 0) is 12.0 Å². The topological polar surface area (TPSA) is 0 Å². The van der Waals surface area contributed by atoms with E-state index in [9.17, 15) is 0 Å². The Kier molecular flexibility index (Phi) is 5.68. The number of hydrogen-bond donors (Lipinski definition) is 0. The van der Waals surface area contributed by atoms with Crippen molar-refractivity contribution >= 4 is 0 Å². The lowest BCUT2D eigenvalue weighted by Gasteiger charge is -1.92. The van der Waals surface area contributed by atoms with E-state index in [1.165, 1.54) is 5.56 Å². The number of hydrogen-bond acceptors (Lipinski definition) is 0. The molecule has 0 heterocycles. The second-order valence-corrected chi connectivity index (χ2v) is 3.12. The molecule has 1 aromatic carbocycles. The van der Waals surface area contributed by atoms with Gasteiger partial charge in [0.25, 0.3) is 0 Å². The molecular formula is C15H16. The largest absolute Gasteiger partial charge is 0.0991 e. The molecule has 1 aromatic rings. The van der Waals surface area contributed by atoms with Gasteiger partial charge in [-0.1, -0.05) is 79.4 Å². The van der Waals surface area contributed by atoms with Crippen molar-refractivity contribution in [2.75, 3.05) is 0 Å². The highest BCUT2D eigenvalue weighted by atomic mass is 13.9. The highest BCUT2D eigenvalue weighted by Gasteiger charge is 1.83. The summed E-state index contributed by atoms with van der Waals surface area (Å²) in [6.45, 7) is 3.60. The molecule has 0 nitrogen and oxygen atoms in total. The molecule has 0 bridgehead atoms. The van der Waals surface area contributed by atoms with E-state index in [1.54, 1.807) is 6.08 Å². The van der Waals surface area contributed by atoms with Gasteiger partial charge in [0.1, 0.15) is 0 Å². The lowest BCUT2D eigenvalue weighted by atomic mass is 10.1. The van der Waals surface area contributed by atoms with E-state index in [-0.39, 0.29) is 0 Å². The quantitative estimate of drug-likeness (QED) is 0.622. The zero-order valence-corrected chi connectivity index (χ0v) is 8.84. The Bertz CT molecular complexity index is 353. The molecule has 0 aliphatic rings. The van der Waals surface area contributed by atoms with Crippen LogP contribution in [-0.4, -0.2) is 0 Å². The summed E-state index contributed by atoms with van der Waals surface area (Å²) in [5, 5.41) is 0. The van der Waals surface area contributed by atoms with E-state index >= 15 is 0 Å². The average molecular weight is 196 g/mol. The van der Waals surface area contributed by atoms with Crippen molar-refractivity contribution in [1.82, 2.24) is 0 Å². The summed E-state index contributed by atoms with van der Waals surface area (Å²) in [4.78, 5) is 0. The number of rotatable bonds is 5. The fraction of sp³-hybridized carbons (Fsp3) is 0.0667. The smallest absolute Gasteiger partial charge is 0.00943 e. The Morgan fingerprint density at radius 1 is 0.867 bits per heavy atom. The Hall–Kier alpha value is -1.82. The summed E-state index contributed by atoms with van der Waals surface area (Å²) in [7, 11) is 0. The van der Waals surface area contributed by atoms with Gasteiger partial charge in [0.05, 0.1) is 0 Å². The van der Waals surface area contributed by atoms with Crippen LogP contribution in [0.15, 0.2) is 79.4 Å². The molecule has 0 aliphatic heterocycles. The zero-order valence-electron chi connectivity index (χ0n) is 8.84. The van der Waals surface area contributed by atoms with Crippen molar-refractivity contribution in [2.24, 2.45) is 0 Å². The summed E-state index contributed by atoms with van der Waals surface area (Å²) in [6, 6.07) is 10.4. The molecule has 0 aromatic heterocycles. The third-order valence-corrected chi connectivity index (χ3v) is 1.91. The van der Waals surface area contributed by atoms with E-state index in [2.05, 4.69) is 43.0 Å². The van der Waals surface area contributed by atoms with Crippen molar-refractivity contribution in [2.45, 2.75) is 6.42 Å². The summed E-state index contributed by atoms with van der Waals surface area (Å²) >= 11 is 0. The first-order valence-corrected chi connectivity index (χ1v) is 5.08. The Balaban J connectivity index is 2.31. The predicted molar refractivity (Wildman–Crippen MR) is 67.8 cm³/mol. The Labute approximate surface area is 92.0 Å². The minimum atomic E-state index is 0.982. The molecular weight excluding hydrogens is 180 g/mol. The van der Waals surface area contributed by atoms with Crippen molar-refractivity contribution in [3.63, 3.8) is 0 Å². The van der Waals surface area contributed by atoms with Gasteiger partial charge in [0.15, 0.2) is 0 Å². The monoisotopic (exact) mass is 196 g/mol. The maximum atomic E-state index is 3.60. The second-order valence-electron chi connectivity index (χ2n) is 3.12. The van der Waals surface area contributed by atoms with E-state index in [0.717, 1.165) is 6.42 Å². The first-order chi connectivity index (χ1) is 7.43. The highest BCUT2D eigenvalue weighted by molar-refractivity contribution is 5.20. The highest BCUT2D eigenvalue weighted by Crippen LogP contribution is 1.99. The average Bonchev–Trinajstić information content (AvgIpc) is 2.29. The fourth-order valence-electron chi connectivity index (χ4n) is 1.17. The first-order valence-electron chi connectivity index (χ1n) is 5.08. The fourth-order valence-corrected chi connectivity index (χ4v) is 1.17. The van der Waals surface area contributed by atoms with Crippen molar-refractivity contribution in [3.8, 4) is 0 Å². The standard InChI is InChI=1S/C15H16/c1-2-3-4-5-6-7-9-12-15-13-10-8-11-14-15/h2-11,13-14H,1,12H2. The molecule has 0 fully saturated rings. The molecule has 0 atom stereocenters. The zero-order chi connectivity index (χ0) is 10.8. The summed E-state index contributed by atoms with van der Waals surface area (Å²) in [5.74, 6) is 0. The van der Waals surface area contributed by atoms with Gasteiger partial charge in [-0.3, -0.25) is 0 Å². The molecule has 0 spiro atoms. The van der Waals surface area contributed by atoms with Crippen LogP contribution in [0.25, 0.3) is 0 Å². The molecule has 0 heteroatoms. The molecule has 0 amide bonds. The molecule has 0 radical (unpaired) electrons. The van der Waals surface area contributed by atoms with Gasteiger partial charge in [-0.2, -0.15) is 0 Å². The van der Waals surface area contributed by atoms with Crippen LogP contribution in [0.4, 0.5) is 0 Å². The van der Waals surface area contributed by atoms with E-state index in [0.29, 0.717) is 0 Å². The van der Waals surface area contributed by atoms with Crippen molar-refractivity contribution < 1.29 is 0 Å². The summed E-state index contributed by atoms with van der Waals surface area (Å²) in [6.07, 6.45) is 14.8. The molecule has 0 aliphatic carbocycles. The van der Waals surface area contributed by atoms with Crippen LogP contribution in [0.3, 0.4) is 0 Å². The molecule has 1 rings (SSSR count). The van der Waals surface area contributed by atoms with Crippen LogP contribution in [0.1, 0.15) is 5.56 Å². The summed E-state index contributed by atoms with van der Waals surface area (Å²) < 4.78 is 0. The lowest BCUT2D eigenvalue weighted by molar-refractivity contribution is 1.27. The van der Waals surface area contributed by atoms with Crippen LogP contribution in [0, 0.1) is 0 Å². The van der Waals surface area contributed by atoms with Gasteiger partial charge >= 0.3 is 0 Å². The molecule has 0 saturated heterocycles. The van der Waals surface area contributed by atoms with Crippen molar-refractivity contribution in [3.05, 3.63) is 85.0 Å². The van der Waals surface area contributed by atoms with Crippen LogP contribution >= 0.6 is 0 Å². The molecule has 15 heavy (non-hydrogen) atoms. The Morgan fingerprint density at radius 2 is 1.53 bits per heavy atom. The Morgan fingerprint density at radius 3 is 2.27 bits per heavy atom. The van der Waals surface area contributed by atoms with Gasteiger partial charge in [0.2, 0.25) is 0 Å². The third-order valence-electron chi connectivity index (χ3n) is 1.91.